The Morgan fingerprint density at radius 2 is 2.21 bits per heavy atom. The molecule has 2 N–H and O–H groups in total. The van der Waals surface area contributed by atoms with Crippen molar-refractivity contribution in [3.8, 4) is 0 Å². The van der Waals surface area contributed by atoms with Gasteiger partial charge in [-0.25, -0.2) is 0 Å². The Morgan fingerprint density at radius 1 is 1.33 bits per heavy atom. The first-order valence-electron chi connectivity index (χ1n) is 8.17. The van der Waals surface area contributed by atoms with E-state index in [4.69, 9.17) is 0 Å². The summed E-state index contributed by atoms with van der Waals surface area (Å²) in [6, 6.07) is 7.84. The van der Waals surface area contributed by atoms with Crippen molar-refractivity contribution < 1.29 is 4.79 Å². The van der Waals surface area contributed by atoms with Crippen LogP contribution in [-0.4, -0.2) is 45.1 Å². The van der Waals surface area contributed by atoms with Gasteiger partial charge in [0.1, 0.15) is 5.69 Å². The van der Waals surface area contributed by atoms with Crippen molar-refractivity contribution in [2.75, 3.05) is 13.1 Å². The zero-order valence-corrected chi connectivity index (χ0v) is 14.7. The lowest BCUT2D eigenvalue weighted by atomic mass is 10.1. The highest BCUT2D eigenvalue weighted by atomic mass is 35.5. The predicted molar refractivity (Wildman–Crippen MR) is 95.2 cm³/mol. The molecule has 1 atom stereocenters. The van der Waals surface area contributed by atoms with E-state index in [0.717, 1.165) is 43.7 Å². The number of rotatable bonds is 4. The molecule has 3 heterocycles. The third-order valence-electron chi connectivity index (χ3n) is 4.23. The molecule has 0 bridgehead atoms. The molecule has 1 saturated heterocycles. The third kappa shape index (κ3) is 4.55. The van der Waals surface area contributed by atoms with Crippen LogP contribution in [0, 0.1) is 6.92 Å². The number of nitrogens with zero attached hydrogens (tertiary/aromatic N) is 3. The normalized spacial score (nSPS) is 17.6. The molecule has 1 unspecified atom stereocenters. The van der Waals surface area contributed by atoms with Crippen LogP contribution in [0.25, 0.3) is 0 Å². The summed E-state index contributed by atoms with van der Waals surface area (Å²) in [5.74, 6) is -0.0214. The molecule has 0 radical (unpaired) electrons. The number of amides is 1. The van der Waals surface area contributed by atoms with Gasteiger partial charge in [0.2, 0.25) is 0 Å². The van der Waals surface area contributed by atoms with Crippen molar-refractivity contribution in [2.45, 2.75) is 38.8 Å². The number of H-pyrrole nitrogens is 1. The van der Waals surface area contributed by atoms with Gasteiger partial charge in [0.25, 0.3) is 5.91 Å². The molecule has 0 aliphatic carbocycles. The SMILES string of the molecule is Cc1cc(C(=O)N(Cc2ccccn2)C2CCCNCC2)n[nH]1.Cl. The van der Waals surface area contributed by atoms with Crippen molar-refractivity contribution in [1.82, 2.24) is 25.4 Å². The van der Waals surface area contributed by atoms with Crippen LogP contribution < -0.4 is 5.32 Å². The Labute approximate surface area is 148 Å². The Bertz CT molecular complexity index is 637. The van der Waals surface area contributed by atoms with Gasteiger partial charge in [0.05, 0.1) is 12.2 Å². The number of hydrogen-bond donors (Lipinski definition) is 2. The summed E-state index contributed by atoms with van der Waals surface area (Å²) in [5, 5.41) is 10.4. The second kappa shape index (κ2) is 8.80. The number of aromatic amines is 1. The summed E-state index contributed by atoms with van der Waals surface area (Å²) < 4.78 is 0. The average Bonchev–Trinajstić information content (AvgIpc) is 2.84. The first-order valence-corrected chi connectivity index (χ1v) is 8.17. The molecule has 1 aliphatic rings. The maximum absolute atomic E-state index is 13.0. The van der Waals surface area contributed by atoms with Crippen LogP contribution in [0.2, 0.25) is 0 Å². The summed E-state index contributed by atoms with van der Waals surface area (Å²) in [6.07, 6.45) is 4.82. The molecule has 7 heteroatoms. The molecule has 6 nitrogen and oxygen atoms in total. The highest BCUT2D eigenvalue weighted by molar-refractivity contribution is 5.92. The number of carbonyl (C=O) groups is 1. The minimum Gasteiger partial charge on any atom is -0.328 e. The fourth-order valence-corrected chi connectivity index (χ4v) is 3.02. The molecule has 0 saturated carbocycles. The molecule has 130 valence electrons. The molecule has 0 aromatic carbocycles. The molecule has 3 rings (SSSR count). The van der Waals surface area contributed by atoms with Crippen LogP contribution in [0.15, 0.2) is 30.5 Å². The Morgan fingerprint density at radius 3 is 2.92 bits per heavy atom. The first kappa shape index (κ1) is 18.4. The van der Waals surface area contributed by atoms with Gasteiger partial charge in [-0.2, -0.15) is 5.10 Å². The Hall–Kier alpha value is -1.92. The van der Waals surface area contributed by atoms with Crippen LogP contribution in [0.1, 0.15) is 41.1 Å². The van der Waals surface area contributed by atoms with E-state index in [-0.39, 0.29) is 24.4 Å². The molecule has 2 aromatic rings. The lowest BCUT2D eigenvalue weighted by Gasteiger charge is -2.30. The maximum Gasteiger partial charge on any atom is 0.274 e. The van der Waals surface area contributed by atoms with Crippen molar-refractivity contribution >= 4 is 18.3 Å². The zero-order chi connectivity index (χ0) is 16.1. The molecular formula is C17H24ClN5O. The van der Waals surface area contributed by atoms with Crippen LogP contribution in [0.4, 0.5) is 0 Å². The van der Waals surface area contributed by atoms with Gasteiger partial charge < -0.3 is 10.2 Å². The largest absolute Gasteiger partial charge is 0.328 e. The number of pyridine rings is 1. The van der Waals surface area contributed by atoms with Gasteiger partial charge in [0, 0.05) is 17.9 Å². The van der Waals surface area contributed by atoms with Gasteiger partial charge in [-0.05, 0) is 57.5 Å². The number of carbonyl (C=O) groups excluding carboxylic acids is 1. The molecule has 0 spiro atoms. The quantitative estimate of drug-likeness (QED) is 0.888. The summed E-state index contributed by atoms with van der Waals surface area (Å²) in [5.41, 5.74) is 2.29. The van der Waals surface area contributed by atoms with E-state index >= 15 is 0 Å². The van der Waals surface area contributed by atoms with Gasteiger partial charge in [0.15, 0.2) is 0 Å². The van der Waals surface area contributed by atoms with Crippen LogP contribution >= 0.6 is 12.4 Å². The lowest BCUT2D eigenvalue weighted by Crippen LogP contribution is -2.40. The number of aromatic nitrogens is 3. The number of hydrogen-bond acceptors (Lipinski definition) is 4. The fraction of sp³-hybridized carbons (Fsp3) is 0.471. The van der Waals surface area contributed by atoms with E-state index in [9.17, 15) is 4.79 Å². The summed E-state index contributed by atoms with van der Waals surface area (Å²) in [4.78, 5) is 19.3. The lowest BCUT2D eigenvalue weighted by molar-refractivity contribution is 0.0636. The molecule has 1 fully saturated rings. The van der Waals surface area contributed by atoms with E-state index in [1.165, 1.54) is 0 Å². The zero-order valence-electron chi connectivity index (χ0n) is 13.9. The maximum atomic E-state index is 13.0. The van der Waals surface area contributed by atoms with Crippen LogP contribution in [0.3, 0.4) is 0 Å². The second-order valence-corrected chi connectivity index (χ2v) is 6.03. The van der Waals surface area contributed by atoms with E-state index in [1.54, 1.807) is 6.20 Å². The highest BCUT2D eigenvalue weighted by Crippen LogP contribution is 2.19. The molecule has 1 amide bonds. The Kier molecular flexibility index (Phi) is 6.75. The Balaban J connectivity index is 0.00000208. The molecule has 1 aliphatic heterocycles. The monoisotopic (exact) mass is 349 g/mol. The predicted octanol–water partition coefficient (Wildman–Crippen LogP) is 2.32. The third-order valence-corrected chi connectivity index (χ3v) is 4.23. The van der Waals surface area contributed by atoms with Crippen molar-refractivity contribution in [2.24, 2.45) is 0 Å². The summed E-state index contributed by atoms with van der Waals surface area (Å²) in [6.45, 7) is 4.39. The molecule has 24 heavy (non-hydrogen) atoms. The van der Waals surface area contributed by atoms with E-state index in [2.05, 4.69) is 20.5 Å². The summed E-state index contributed by atoms with van der Waals surface area (Å²) >= 11 is 0. The van der Waals surface area contributed by atoms with Gasteiger partial charge >= 0.3 is 0 Å². The first-order chi connectivity index (χ1) is 11.2. The van der Waals surface area contributed by atoms with Gasteiger partial charge in [-0.15, -0.1) is 12.4 Å². The number of aryl methyl sites for hydroxylation is 1. The minimum absolute atomic E-state index is 0. The average molecular weight is 350 g/mol. The number of nitrogens with one attached hydrogen (secondary N) is 2. The topological polar surface area (TPSA) is 73.9 Å². The van der Waals surface area contributed by atoms with E-state index in [1.807, 2.05) is 36.1 Å². The van der Waals surface area contributed by atoms with Crippen molar-refractivity contribution in [3.05, 3.63) is 47.5 Å². The highest BCUT2D eigenvalue weighted by Gasteiger charge is 2.27. The van der Waals surface area contributed by atoms with Crippen molar-refractivity contribution in [3.63, 3.8) is 0 Å². The smallest absolute Gasteiger partial charge is 0.274 e. The standard InChI is InChI=1S/C17H23N5O.ClH/c1-13-11-16(21-20-13)17(23)22(12-14-5-2-3-9-19-14)15-6-4-8-18-10-7-15;/h2-3,5,9,11,15,18H,4,6-8,10,12H2,1H3,(H,20,21);1H. The molecule has 2 aromatic heterocycles. The van der Waals surface area contributed by atoms with Crippen LogP contribution in [0.5, 0.6) is 0 Å². The van der Waals surface area contributed by atoms with Crippen molar-refractivity contribution in [1.29, 1.82) is 0 Å². The molecular weight excluding hydrogens is 326 g/mol. The van der Waals surface area contributed by atoms with E-state index in [0.29, 0.717) is 12.2 Å². The van der Waals surface area contributed by atoms with Crippen LogP contribution in [-0.2, 0) is 6.54 Å². The second-order valence-electron chi connectivity index (χ2n) is 6.03. The minimum atomic E-state index is -0.0214. The number of halogens is 1. The van der Waals surface area contributed by atoms with E-state index < -0.39 is 0 Å². The van der Waals surface area contributed by atoms with Gasteiger partial charge in [-0.3, -0.25) is 14.9 Å². The summed E-state index contributed by atoms with van der Waals surface area (Å²) in [7, 11) is 0. The fourth-order valence-electron chi connectivity index (χ4n) is 3.02. The van der Waals surface area contributed by atoms with Gasteiger partial charge in [-0.1, -0.05) is 6.07 Å².